The highest BCUT2D eigenvalue weighted by Gasteiger charge is 2.39. The molecule has 20 heavy (non-hydrogen) atoms. The molecule has 0 amide bonds. The van der Waals surface area contributed by atoms with Crippen LogP contribution in [-0.4, -0.2) is 12.6 Å². The first kappa shape index (κ1) is 16.1. The third-order valence-electron chi connectivity index (χ3n) is 4.95. The minimum atomic E-state index is 0.432. The molecule has 2 rings (SSSR count). The van der Waals surface area contributed by atoms with E-state index in [0.717, 1.165) is 18.0 Å². The van der Waals surface area contributed by atoms with Gasteiger partial charge in [-0.3, -0.25) is 0 Å². The van der Waals surface area contributed by atoms with Crippen molar-refractivity contribution in [3.05, 3.63) is 33.8 Å². The van der Waals surface area contributed by atoms with E-state index in [4.69, 9.17) is 23.2 Å². The molecule has 1 aliphatic carbocycles. The molecule has 1 saturated carbocycles. The Bertz CT molecular complexity index is 439. The molecule has 1 nitrogen and oxygen atoms in total. The predicted molar refractivity (Wildman–Crippen MR) is 88.8 cm³/mol. The average molecular weight is 314 g/mol. The van der Waals surface area contributed by atoms with Crippen molar-refractivity contribution in [1.29, 1.82) is 0 Å². The molecule has 1 aliphatic rings. The molecule has 0 aromatic heterocycles. The van der Waals surface area contributed by atoms with Gasteiger partial charge in [-0.2, -0.15) is 0 Å². The molecule has 0 heterocycles. The molecule has 0 saturated heterocycles. The SMILES string of the molecule is CCNC(Cc1cccc(Cl)c1Cl)C1(CC)CCCC1. The van der Waals surface area contributed by atoms with Gasteiger partial charge in [0.25, 0.3) is 0 Å². The first-order valence-corrected chi connectivity index (χ1v) is 8.55. The van der Waals surface area contributed by atoms with Gasteiger partial charge in [0.1, 0.15) is 0 Å². The van der Waals surface area contributed by atoms with Crippen molar-refractivity contribution < 1.29 is 0 Å². The van der Waals surface area contributed by atoms with Gasteiger partial charge in [-0.15, -0.1) is 0 Å². The molecule has 1 fully saturated rings. The Hall–Kier alpha value is -0.240. The second kappa shape index (κ2) is 7.15. The van der Waals surface area contributed by atoms with E-state index in [-0.39, 0.29) is 0 Å². The molecule has 1 aromatic carbocycles. The molecular weight excluding hydrogens is 289 g/mol. The summed E-state index contributed by atoms with van der Waals surface area (Å²) < 4.78 is 0. The molecule has 3 heteroatoms. The Kier molecular flexibility index (Phi) is 5.77. The van der Waals surface area contributed by atoms with Gasteiger partial charge >= 0.3 is 0 Å². The molecular formula is C17H25Cl2N. The summed E-state index contributed by atoms with van der Waals surface area (Å²) in [6.45, 7) is 5.52. The first-order chi connectivity index (χ1) is 9.63. The minimum Gasteiger partial charge on any atom is -0.313 e. The zero-order chi connectivity index (χ0) is 14.6. The van der Waals surface area contributed by atoms with Crippen molar-refractivity contribution in [2.75, 3.05) is 6.54 Å². The van der Waals surface area contributed by atoms with Crippen molar-refractivity contribution in [1.82, 2.24) is 5.32 Å². The number of nitrogens with one attached hydrogen (secondary N) is 1. The van der Waals surface area contributed by atoms with Crippen LogP contribution in [0.25, 0.3) is 0 Å². The smallest absolute Gasteiger partial charge is 0.0624 e. The summed E-state index contributed by atoms with van der Waals surface area (Å²) in [6.07, 6.45) is 7.60. The van der Waals surface area contributed by atoms with Crippen LogP contribution in [0.3, 0.4) is 0 Å². The van der Waals surface area contributed by atoms with E-state index in [9.17, 15) is 0 Å². The maximum atomic E-state index is 6.37. The summed E-state index contributed by atoms with van der Waals surface area (Å²) in [5.41, 5.74) is 1.60. The Morgan fingerprint density at radius 1 is 1.20 bits per heavy atom. The fraction of sp³-hybridized carbons (Fsp3) is 0.647. The van der Waals surface area contributed by atoms with Crippen molar-refractivity contribution in [2.24, 2.45) is 5.41 Å². The Labute approximate surface area is 133 Å². The van der Waals surface area contributed by atoms with E-state index in [2.05, 4.69) is 25.2 Å². The summed E-state index contributed by atoms with van der Waals surface area (Å²) in [5.74, 6) is 0. The first-order valence-electron chi connectivity index (χ1n) is 7.79. The van der Waals surface area contributed by atoms with Gasteiger partial charge in [-0.25, -0.2) is 0 Å². The molecule has 1 aromatic rings. The highest BCUT2D eigenvalue weighted by atomic mass is 35.5. The van der Waals surface area contributed by atoms with Gasteiger partial charge in [0, 0.05) is 6.04 Å². The lowest BCUT2D eigenvalue weighted by Gasteiger charge is -2.38. The fourth-order valence-electron chi connectivity index (χ4n) is 3.71. The number of halogens is 2. The van der Waals surface area contributed by atoms with E-state index in [1.807, 2.05) is 12.1 Å². The number of likely N-dealkylation sites (N-methyl/N-ethyl adjacent to an activating group) is 1. The largest absolute Gasteiger partial charge is 0.313 e. The Morgan fingerprint density at radius 2 is 1.90 bits per heavy atom. The van der Waals surface area contributed by atoms with E-state index in [1.54, 1.807) is 0 Å². The lowest BCUT2D eigenvalue weighted by atomic mass is 9.74. The minimum absolute atomic E-state index is 0.432. The van der Waals surface area contributed by atoms with Crippen molar-refractivity contribution >= 4 is 23.2 Å². The maximum absolute atomic E-state index is 6.37. The average Bonchev–Trinajstić information content (AvgIpc) is 2.93. The third kappa shape index (κ3) is 3.32. The molecule has 112 valence electrons. The van der Waals surface area contributed by atoms with Gasteiger partial charge in [0.15, 0.2) is 0 Å². The zero-order valence-corrected chi connectivity index (χ0v) is 14.0. The fourth-order valence-corrected chi connectivity index (χ4v) is 4.10. The van der Waals surface area contributed by atoms with E-state index >= 15 is 0 Å². The molecule has 0 bridgehead atoms. The number of hydrogen-bond acceptors (Lipinski definition) is 1. The number of rotatable bonds is 6. The summed E-state index contributed by atoms with van der Waals surface area (Å²) in [5, 5.41) is 5.10. The topological polar surface area (TPSA) is 12.0 Å². The van der Waals surface area contributed by atoms with E-state index < -0.39 is 0 Å². The summed E-state index contributed by atoms with van der Waals surface area (Å²) >= 11 is 12.5. The van der Waals surface area contributed by atoms with Crippen LogP contribution < -0.4 is 5.32 Å². The Balaban J connectivity index is 2.23. The van der Waals surface area contributed by atoms with Crippen LogP contribution in [0.5, 0.6) is 0 Å². The van der Waals surface area contributed by atoms with Gasteiger partial charge in [-0.05, 0) is 49.3 Å². The summed E-state index contributed by atoms with van der Waals surface area (Å²) in [7, 11) is 0. The molecule has 0 spiro atoms. The normalized spacial score (nSPS) is 19.2. The van der Waals surface area contributed by atoms with Crippen LogP contribution in [0.15, 0.2) is 18.2 Å². The second-order valence-electron chi connectivity index (χ2n) is 5.95. The second-order valence-corrected chi connectivity index (χ2v) is 6.74. The highest BCUT2D eigenvalue weighted by Crippen LogP contribution is 2.45. The quantitative estimate of drug-likeness (QED) is 0.732. The molecule has 1 atom stereocenters. The molecule has 0 aliphatic heterocycles. The lowest BCUT2D eigenvalue weighted by Crippen LogP contribution is -2.45. The van der Waals surface area contributed by atoms with Crippen molar-refractivity contribution in [2.45, 2.75) is 58.4 Å². The van der Waals surface area contributed by atoms with Crippen molar-refractivity contribution in [3.63, 3.8) is 0 Å². The lowest BCUT2D eigenvalue weighted by molar-refractivity contribution is 0.186. The van der Waals surface area contributed by atoms with Gasteiger partial charge < -0.3 is 5.32 Å². The van der Waals surface area contributed by atoms with Crippen LogP contribution in [-0.2, 0) is 6.42 Å². The van der Waals surface area contributed by atoms with Crippen LogP contribution in [0.2, 0.25) is 10.0 Å². The maximum Gasteiger partial charge on any atom is 0.0624 e. The van der Waals surface area contributed by atoms with Crippen molar-refractivity contribution in [3.8, 4) is 0 Å². The van der Waals surface area contributed by atoms with Crippen LogP contribution in [0.1, 0.15) is 51.5 Å². The number of hydrogen-bond donors (Lipinski definition) is 1. The zero-order valence-electron chi connectivity index (χ0n) is 12.5. The summed E-state index contributed by atoms with van der Waals surface area (Å²) in [4.78, 5) is 0. The van der Waals surface area contributed by atoms with Crippen LogP contribution >= 0.6 is 23.2 Å². The number of benzene rings is 1. The highest BCUT2D eigenvalue weighted by molar-refractivity contribution is 6.42. The molecule has 1 N–H and O–H groups in total. The standard InChI is InChI=1S/C17H25Cl2N/c1-3-17(10-5-6-11-17)15(20-4-2)12-13-8-7-9-14(18)16(13)19/h7-9,15,20H,3-6,10-12H2,1-2H3. The van der Waals surface area contributed by atoms with E-state index in [0.29, 0.717) is 16.5 Å². The van der Waals surface area contributed by atoms with Gasteiger partial charge in [0.05, 0.1) is 10.0 Å². The van der Waals surface area contributed by atoms with Crippen LogP contribution in [0, 0.1) is 5.41 Å². The van der Waals surface area contributed by atoms with Gasteiger partial charge in [0.2, 0.25) is 0 Å². The molecule has 0 radical (unpaired) electrons. The van der Waals surface area contributed by atoms with Crippen LogP contribution in [0.4, 0.5) is 0 Å². The van der Waals surface area contributed by atoms with Gasteiger partial charge in [-0.1, -0.05) is 62.0 Å². The third-order valence-corrected chi connectivity index (χ3v) is 5.81. The Morgan fingerprint density at radius 3 is 2.50 bits per heavy atom. The monoisotopic (exact) mass is 313 g/mol. The van der Waals surface area contributed by atoms with E-state index in [1.165, 1.54) is 37.7 Å². The summed E-state index contributed by atoms with van der Waals surface area (Å²) in [6, 6.07) is 6.47. The predicted octanol–water partition coefficient (Wildman–Crippen LogP) is 5.48. The molecule has 1 unspecified atom stereocenters.